The van der Waals surface area contributed by atoms with Gasteiger partial charge in [0.1, 0.15) is 0 Å². The van der Waals surface area contributed by atoms with Gasteiger partial charge in [0.2, 0.25) is 0 Å². The van der Waals surface area contributed by atoms with Crippen molar-refractivity contribution in [3.63, 3.8) is 0 Å². The number of aliphatic hydroxyl groups excluding tert-OH is 1. The van der Waals surface area contributed by atoms with Gasteiger partial charge in [-0.2, -0.15) is 0 Å². The fourth-order valence-corrected chi connectivity index (χ4v) is 2.20. The van der Waals surface area contributed by atoms with Gasteiger partial charge in [0.25, 0.3) is 0 Å². The second-order valence-corrected chi connectivity index (χ2v) is 4.56. The number of aliphatic hydroxyl groups is 1. The Hall–Kier alpha value is -1.59. The molecule has 1 aliphatic rings. The lowest BCUT2D eigenvalue weighted by Crippen LogP contribution is -2.53. The summed E-state index contributed by atoms with van der Waals surface area (Å²) in [6, 6.07) is 7.91. The van der Waals surface area contributed by atoms with Gasteiger partial charge in [0.15, 0.2) is 0 Å². The number of hydrogen-bond donors (Lipinski definition) is 3. The van der Waals surface area contributed by atoms with Crippen molar-refractivity contribution in [2.75, 3.05) is 19.6 Å². The summed E-state index contributed by atoms with van der Waals surface area (Å²) in [5.74, 6) is 0. The molecule has 1 saturated heterocycles. The van der Waals surface area contributed by atoms with E-state index in [9.17, 15) is 4.79 Å². The van der Waals surface area contributed by atoms with E-state index in [1.54, 1.807) is 0 Å². The van der Waals surface area contributed by atoms with E-state index >= 15 is 0 Å². The molecule has 5 heteroatoms. The van der Waals surface area contributed by atoms with E-state index in [2.05, 4.69) is 5.32 Å². The molecule has 0 unspecified atom stereocenters. The first-order valence-corrected chi connectivity index (χ1v) is 6.09. The van der Waals surface area contributed by atoms with Gasteiger partial charge in [-0.1, -0.05) is 24.3 Å². The first-order valence-electron chi connectivity index (χ1n) is 6.09. The monoisotopic (exact) mass is 250 g/mol. The lowest BCUT2D eigenvalue weighted by Gasteiger charge is -2.31. The van der Waals surface area contributed by atoms with Crippen molar-refractivity contribution in [2.45, 2.75) is 19.1 Å². The van der Waals surface area contributed by atoms with Crippen molar-refractivity contribution in [1.29, 1.82) is 0 Å². The maximum Gasteiger partial charge on any atom is 0.407 e. The van der Waals surface area contributed by atoms with Gasteiger partial charge in [0.05, 0.1) is 6.61 Å². The van der Waals surface area contributed by atoms with Crippen molar-refractivity contribution < 1.29 is 15.0 Å². The predicted molar refractivity (Wildman–Crippen MR) is 67.5 cm³/mol. The van der Waals surface area contributed by atoms with Crippen LogP contribution in [0, 0.1) is 0 Å². The maximum atomic E-state index is 10.9. The summed E-state index contributed by atoms with van der Waals surface area (Å²) < 4.78 is 0. The first-order chi connectivity index (χ1) is 8.69. The van der Waals surface area contributed by atoms with Crippen LogP contribution < -0.4 is 5.32 Å². The summed E-state index contributed by atoms with van der Waals surface area (Å²) in [5.41, 5.74) is 2.04. The third-order valence-electron chi connectivity index (χ3n) is 3.21. The minimum Gasteiger partial charge on any atom is -0.465 e. The summed E-state index contributed by atoms with van der Waals surface area (Å²) in [4.78, 5) is 12.4. The minimum atomic E-state index is -0.850. The molecule has 5 nitrogen and oxygen atoms in total. The Morgan fingerprint density at radius 3 is 2.61 bits per heavy atom. The van der Waals surface area contributed by atoms with Gasteiger partial charge >= 0.3 is 6.09 Å². The lowest BCUT2D eigenvalue weighted by molar-refractivity contribution is 0.128. The highest BCUT2D eigenvalue weighted by molar-refractivity contribution is 5.65. The zero-order chi connectivity index (χ0) is 13.0. The van der Waals surface area contributed by atoms with Crippen LogP contribution in [0.4, 0.5) is 4.79 Å². The summed E-state index contributed by atoms with van der Waals surface area (Å²) in [5, 5.41) is 21.2. The van der Waals surface area contributed by atoms with E-state index in [4.69, 9.17) is 10.2 Å². The normalized spacial score (nSPS) is 19.8. The van der Waals surface area contributed by atoms with E-state index in [0.29, 0.717) is 19.6 Å². The fraction of sp³-hybridized carbons (Fsp3) is 0.462. The number of carboxylic acid groups (broad SMARTS) is 1. The molecule has 0 bridgehead atoms. The number of carbonyl (C=O) groups is 1. The second kappa shape index (κ2) is 5.84. The van der Waals surface area contributed by atoms with Crippen LogP contribution in [0.2, 0.25) is 0 Å². The molecule has 0 radical (unpaired) electrons. The van der Waals surface area contributed by atoms with Gasteiger partial charge in [-0.15, -0.1) is 0 Å². The topological polar surface area (TPSA) is 72.8 Å². The van der Waals surface area contributed by atoms with Crippen LogP contribution in [-0.2, 0) is 13.0 Å². The molecule has 1 atom stereocenters. The molecule has 0 saturated carbocycles. The average molecular weight is 250 g/mol. The highest BCUT2D eigenvalue weighted by atomic mass is 16.4. The predicted octanol–water partition coefficient (Wildman–Crippen LogP) is 0.673. The van der Waals surface area contributed by atoms with Crippen LogP contribution in [0.5, 0.6) is 0 Å². The Labute approximate surface area is 106 Å². The van der Waals surface area contributed by atoms with Crippen molar-refractivity contribution in [1.82, 2.24) is 10.2 Å². The van der Waals surface area contributed by atoms with Crippen LogP contribution in [-0.4, -0.2) is 46.9 Å². The molecule has 0 aromatic heterocycles. The molecular weight excluding hydrogens is 232 g/mol. The molecule has 0 spiro atoms. The minimum absolute atomic E-state index is 0.0503. The van der Waals surface area contributed by atoms with E-state index < -0.39 is 6.09 Å². The Bertz CT molecular complexity index is 405. The summed E-state index contributed by atoms with van der Waals surface area (Å²) >= 11 is 0. The van der Waals surface area contributed by atoms with Crippen molar-refractivity contribution in [3.8, 4) is 0 Å². The SMILES string of the molecule is O=C(O)N1CCN[C@H](Cc2ccc(CO)cc2)C1. The summed E-state index contributed by atoms with van der Waals surface area (Å²) in [6.45, 7) is 1.83. The third-order valence-corrected chi connectivity index (χ3v) is 3.21. The highest BCUT2D eigenvalue weighted by Crippen LogP contribution is 2.10. The van der Waals surface area contributed by atoms with Gasteiger partial charge in [-0.3, -0.25) is 0 Å². The molecule has 18 heavy (non-hydrogen) atoms. The molecule has 1 heterocycles. The molecule has 1 amide bonds. The van der Waals surface area contributed by atoms with Crippen LogP contribution in [0.25, 0.3) is 0 Å². The molecule has 1 fully saturated rings. The van der Waals surface area contributed by atoms with E-state index in [1.165, 1.54) is 4.90 Å². The zero-order valence-corrected chi connectivity index (χ0v) is 10.2. The summed E-state index contributed by atoms with van der Waals surface area (Å²) in [7, 11) is 0. The van der Waals surface area contributed by atoms with Crippen LogP contribution in [0.3, 0.4) is 0 Å². The third kappa shape index (κ3) is 3.21. The van der Waals surface area contributed by atoms with Crippen LogP contribution in [0.15, 0.2) is 24.3 Å². The Kier molecular flexibility index (Phi) is 4.17. The lowest BCUT2D eigenvalue weighted by atomic mass is 10.0. The van der Waals surface area contributed by atoms with E-state index in [1.807, 2.05) is 24.3 Å². The fourth-order valence-electron chi connectivity index (χ4n) is 2.20. The van der Waals surface area contributed by atoms with Gasteiger partial charge in [-0.25, -0.2) is 4.79 Å². The number of hydrogen-bond acceptors (Lipinski definition) is 3. The van der Waals surface area contributed by atoms with Crippen molar-refractivity contribution >= 4 is 6.09 Å². The Balaban J connectivity index is 1.93. The van der Waals surface area contributed by atoms with Gasteiger partial charge in [-0.05, 0) is 17.5 Å². The van der Waals surface area contributed by atoms with E-state index in [0.717, 1.165) is 17.5 Å². The quantitative estimate of drug-likeness (QED) is 0.737. The number of amides is 1. The molecular formula is C13H18N2O3. The maximum absolute atomic E-state index is 10.9. The molecule has 2 rings (SSSR count). The number of rotatable bonds is 3. The average Bonchev–Trinajstić information content (AvgIpc) is 2.40. The standard InChI is InChI=1S/C13H18N2O3/c16-9-11-3-1-10(2-4-11)7-12-8-15(13(17)18)6-5-14-12/h1-4,12,14,16H,5-9H2,(H,17,18)/t12-/m1/s1. The molecule has 98 valence electrons. The zero-order valence-electron chi connectivity index (χ0n) is 10.2. The number of nitrogens with one attached hydrogen (secondary N) is 1. The largest absolute Gasteiger partial charge is 0.465 e. The Morgan fingerprint density at radius 1 is 1.33 bits per heavy atom. The number of nitrogens with zero attached hydrogens (tertiary/aromatic N) is 1. The van der Waals surface area contributed by atoms with Gasteiger partial charge < -0.3 is 20.4 Å². The van der Waals surface area contributed by atoms with E-state index in [-0.39, 0.29) is 12.6 Å². The smallest absolute Gasteiger partial charge is 0.407 e. The van der Waals surface area contributed by atoms with Crippen LogP contribution in [0.1, 0.15) is 11.1 Å². The summed E-state index contributed by atoms with van der Waals surface area (Å²) in [6.07, 6.45) is -0.0488. The second-order valence-electron chi connectivity index (χ2n) is 4.56. The number of benzene rings is 1. The molecule has 0 aliphatic carbocycles. The highest BCUT2D eigenvalue weighted by Gasteiger charge is 2.22. The molecule has 1 aromatic rings. The molecule has 3 N–H and O–H groups in total. The molecule has 1 aromatic carbocycles. The van der Waals surface area contributed by atoms with Crippen molar-refractivity contribution in [2.24, 2.45) is 0 Å². The van der Waals surface area contributed by atoms with Gasteiger partial charge in [0, 0.05) is 25.7 Å². The Morgan fingerprint density at radius 2 is 2.00 bits per heavy atom. The van der Waals surface area contributed by atoms with Crippen molar-refractivity contribution in [3.05, 3.63) is 35.4 Å². The first kappa shape index (κ1) is 12.9. The number of piperazine rings is 1. The molecule has 1 aliphatic heterocycles. The van der Waals surface area contributed by atoms with Crippen LogP contribution >= 0.6 is 0 Å².